The van der Waals surface area contributed by atoms with Crippen LogP contribution in [0.15, 0.2) is 0 Å². The molecule has 0 radical (unpaired) electrons. The van der Waals surface area contributed by atoms with E-state index < -0.39 is 0 Å². The van der Waals surface area contributed by atoms with Gasteiger partial charge in [0.15, 0.2) is 0 Å². The molecule has 4 saturated carbocycles. The summed E-state index contributed by atoms with van der Waals surface area (Å²) in [6, 6.07) is 0. The van der Waals surface area contributed by atoms with Crippen molar-refractivity contribution >= 4 is 17.8 Å². The molecule has 0 aromatic carbocycles. The molecular weight excluding hydrogens is 446 g/mol. The van der Waals surface area contributed by atoms with Gasteiger partial charge in [0.2, 0.25) is 5.91 Å². The second-order valence-electron chi connectivity index (χ2n) is 12.6. The number of hydrogen-bond acceptors (Lipinski definition) is 6. The Morgan fingerprint density at radius 2 is 1.80 bits per heavy atom. The summed E-state index contributed by atoms with van der Waals surface area (Å²) in [5.74, 6) is 1.32. The van der Waals surface area contributed by atoms with Gasteiger partial charge < -0.3 is 19.1 Å². The topological polar surface area (TPSA) is 82.1 Å². The maximum atomic E-state index is 12.9. The Labute approximate surface area is 209 Å². The van der Waals surface area contributed by atoms with Crippen molar-refractivity contribution in [3.8, 4) is 0 Å². The van der Waals surface area contributed by atoms with E-state index in [1.165, 1.54) is 13.8 Å². The Hall–Kier alpha value is -1.63. The van der Waals surface area contributed by atoms with E-state index in [0.29, 0.717) is 24.3 Å². The molecule has 9 unspecified atom stereocenters. The Morgan fingerprint density at radius 3 is 2.51 bits per heavy atom. The molecular formula is C28H43NO6. The van der Waals surface area contributed by atoms with Gasteiger partial charge in [0.25, 0.3) is 0 Å². The molecule has 35 heavy (non-hydrogen) atoms. The summed E-state index contributed by atoms with van der Waals surface area (Å²) in [6.45, 7) is 8.33. The second-order valence-corrected chi connectivity index (χ2v) is 12.6. The van der Waals surface area contributed by atoms with Crippen LogP contribution < -0.4 is 0 Å². The van der Waals surface area contributed by atoms with Crippen LogP contribution in [0.1, 0.15) is 85.5 Å². The highest BCUT2D eigenvalue weighted by Crippen LogP contribution is 2.71. The third-order valence-electron chi connectivity index (χ3n) is 11.2. The van der Waals surface area contributed by atoms with Gasteiger partial charge in [0, 0.05) is 38.8 Å². The number of nitrogens with zero attached hydrogens (tertiary/aromatic N) is 1. The minimum atomic E-state index is -0.351. The van der Waals surface area contributed by atoms with E-state index in [1.54, 1.807) is 0 Å². The van der Waals surface area contributed by atoms with Crippen LogP contribution in [-0.4, -0.2) is 60.8 Å². The number of likely N-dealkylation sites (N-methyl/N-ethyl adjacent to an activating group) is 1. The van der Waals surface area contributed by atoms with Crippen molar-refractivity contribution < 1.29 is 28.6 Å². The van der Waals surface area contributed by atoms with Crippen molar-refractivity contribution in [3.05, 3.63) is 0 Å². The van der Waals surface area contributed by atoms with Crippen LogP contribution in [0, 0.1) is 34.5 Å². The maximum Gasteiger partial charge on any atom is 0.302 e. The molecule has 1 aliphatic heterocycles. The lowest BCUT2D eigenvalue weighted by Crippen LogP contribution is -2.66. The van der Waals surface area contributed by atoms with E-state index in [-0.39, 0.29) is 59.0 Å². The predicted molar refractivity (Wildman–Crippen MR) is 129 cm³/mol. The largest absolute Gasteiger partial charge is 0.463 e. The molecule has 1 amide bonds. The average Bonchev–Trinajstić information content (AvgIpc) is 3.06. The summed E-state index contributed by atoms with van der Waals surface area (Å²) in [5, 5.41) is 0. The summed E-state index contributed by atoms with van der Waals surface area (Å²) in [6.07, 6.45) is 9.04. The van der Waals surface area contributed by atoms with Crippen LogP contribution in [-0.2, 0) is 28.6 Å². The van der Waals surface area contributed by atoms with E-state index in [9.17, 15) is 14.4 Å². The van der Waals surface area contributed by atoms with Crippen molar-refractivity contribution in [3.63, 3.8) is 0 Å². The molecule has 4 aliphatic carbocycles. The van der Waals surface area contributed by atoms with Crippen molar-refractivity contribution in [2.75, 3.05) is 20.2 Å². The zero-order valence-corrected chi connectivity index (χ0v) is 22.1. The minimum absolute atomic E-state index is 0.0452. The van der Waals surface area contributed by atoms with Crippen molar-refractivity contribution in [2.45, 2.75) is 103 Å². The highest BCUT2D eigenvalue weighted by Gasteiger charge is 2.72. The maximum absolute atomic E-state index is 12.9. The van der Waals surface area contributed by atoms with Gasteiger partial charge in [-0.3, -0.25) is 14.4 Å². The van der Waals surface area contributed by atoms with Crippen LogP contribution >= 0.6 is 0 Å². The average molecular weight is 490 g/mol. The van der Waals surface area contributed by atoms with Gasteiger partial charge in [-0.1, -0.05) is 6.92 Å². The van der Waals surface area contributed by atoms with E-state index >= 15 is 0 Å². The van der Waals surface area contributed by atoms with E-state index in [1.807, 2.05) is 18.9 Å². The quantitative estimate of drug-likeness (QED) is 0.555. The summed E-state index contributed by atoms with van der Waals surface area (Å²) in [5.41, 5.74) is -0.343. The van der Waals surface area contributed by atoms with Gasteiger partial charge in [-0.15, -0.1) is 0 Å². The normalized spacial score (nSPS) is 45.8. The first-order chi connectivity index (χ1) is 16.5. The van der Waals surface area contributed by atoms with Gasteiger partial charge >= 0.3 is 11.9 Å². The Bertz CT molecular complexity index is 891. The fourth-order valence-electron chi connectivity index (χ4n) is 9.86. The fraction of sp³-hybridized carbons (Fsp3) is 0.893. The second kappa shape index (κ2) is 8.74. The molecule has 0 N–H and O–H groups in total. The Morgan fingerprint density at radius 1 is 1.03 bits per heavy atom. The Kier molecular flexibility index (Phi) is 6.25. The molecule has 5 rings (SSSR count). The molecule has 5 aliphatic rings. The van der Waals surface area contributed by atoms with Crippen LogP contribution in [0.4, 0.5) is 0 Å². The van der Waals surface area contributed by atoms with Crippen LogP contribution in [0.5, 0.6) is 0 Å². The SMILES string of the molecule is CC(=O)OC1CCC2(C)C(CCC3C2CCC24CN(C)C(=O)COC32CCC4C(C)OC(C)=O)C1. The lowest BCUT2D eigenvalue weighted by Gasteiger charge is -2.65. The molecule has 0 aromatic heterocycles. The highest BCUT2D eigenvalue weighted by atomic mass is 16.5. The molecule has 7 nitrogen and oxygen atoms in total. The summed E-state index contributed by atoms with van der Waals surface area (Å²) < 4.78 is 18.3. The number of fused-ring (bicyclic) bond motifs is 3. The zero-order valence-electron chi connectivity index (χ0n) is 22.1. The summed E-state index contributed by atoms with van der Waals surface area (Å²) in [7, 11) is 1.91. The summed E-state index contributed by atoms with van der Waals surface area (Å²) in [4.78, 5) is 38.2. The molecule has 7 heteroatoms. The molecule has 0 spiro atoms. The first-order valence-electron chi connectivity index (χ1n) is 13.7. The Balaban J connectivity index is 1.49. The number of amides is 1. The molecule has 1 heterocycles. The van der Waals surface area contributed by atoms with Gasteiger partial charge in [-0.05, 0) is 87.9 Å². The van der Waals surface area contributed by atoms with Gasteiger partial charge in [-0.25, -0.2) is 0 Å². The van der Waals surface area contributed by atoms with Crippen LogP contribution in [0.25, 0.3) is 0 Å². The molecule has 1 saturated heterocycles. The smallest absolute Gasteiger partial charge is 0.302 e. The standard InChI is InChI=1S/C28H43NO6/c1-17(34-18(2)30)22-10-13-28-24-7-6-20-14-21(35-19(3)31)8-11-26(20,4)23(24)9-12-27(22,28)16-29(5)25(32)15-33-28/h17,20-24H,6-16H2,1-5H3. The van der Waals surface area contributed by atoms with Gasteiger partial charge in [-0.2, -0.15) is 0 Å². The monoisotopic (exact) mass is 489 g/mol. The fourth-order valence-corrected chi connectivity index (χ4v) is 9.86. The number of ether oxygens (including phenoxy) is 3. The van der Waals surface area contributed by atoms with Crippen molar-refractivity contribution in [2.24, 2.45) is 34.5 Å². The molecule has 5 fully saturated rings. The molecule has 0 bridgehead atoms. The number of carbonyl (C=O) groups excluding carboxylic acids is 3. The van der Waals surface area contributed by atoms with E-state index in [2.05, 4.69) is 6.92 Å². The number of carbonyl (C=O) groups is 3. The van der Waals surface area contributed by atoms with Gasteiger partial charge in [0.1, 0.15) is 18.8 Å². The molecule has 9 atom stereocenters. The first kappa shape index (κ1) is 25.0. The zero-order chi connectivity index (χ0) is 25.2. The highest BCUT2D eigenvalue weighted by molar-refractivity contribution is 5.77. The van der Waals surface area contributed by atoms with Crippen LogP contribution in [0.2, 0.25) is 0 Å². The third kappa shape index (κ3) is 3.74. The number of rotatable bonds is 3. The lowest BCUT2D eigenvalue weighted by atomic mass is 9.42. The third-order valence-corrected chi connectivity index (χ3v) is 11.2. The van der Waals surface area contributed by atoms with E-state index in [0.717, 1.165) is 57.8 Å². The van der Waals surface area contributed by atoms with Crippen LogP contribution in [0.3, 0.4) is 0 Å². The van der Waals surface area contributed by atoms with Crippen molar-refractivity contribution in [1.29, 1.82) is 0 Å². The summed E-state index contributed by atoms with van der Waals surface area (Å²) >= 11 is 0. The lowest BCUT2D eigenvalue weighted by molar-refractivity contribution is -0.237. The van der Waals surface area contributed by atoms with E-state index in [4.69, 9.17) is 14.2 Å². The first-order valence-corrected chi connectivity index (χ1v) is 13.7. The minimum Gasteiger partial charge on any atom is -0.463 e. The molecule has 196 valence electrons. The predicted octanol–water partition coefficient (Wildman–Crippen LogP) is 4.12. The number of esters is 2. The molecule has 0 aromatic rings. The number of hydrogen-bond donors (Lipinski definition) is 0. The van der Waals surface area contributed by atoms with Crippen molar-refractivity contribution in [1.82, 2.24) is 4.90 Å². The van der Waals surface area contributed by atoms with Gasteiger partial charge in [0.05, 0.1) is 5.60 Å².